The smallest absolute Gasteiger partial charge is 0.236 e. The second-order valence-electron chi connectivity index (χ2n) is 4.81. The Morgan fingerprint density at radius 1 is 1.31 bits per heavy atom. The summed E-state index contributed by atoms with van der Waals surface area (Å²) in [6.45, 7) is 5.98. The maximum absolute atomic E-state index is 11.8. The number of aliphatic hydroxyl groups is 1. The molecule has 1 amide bonds. The van der Waals surface area contributed by atoms with Gasteiger partial charge in [-0.05, 0) is 39.5 Å². The van der Waals surface area contributed by atoms with Gasteiger partial charge in [0.25, 0.3) is 0 Å². The zero-order valence-electron chi connectivity index (χ0n) is 10.4. The zero-order valence-corrected chi connectivity index (χ0v) is 10.4. The van der Waals surface area contributed by atoms with Gasteiger partial charge in [0.1, 0.15) is 0 Å². The molecular weight excluding hydrogens is 204 g/mol. The van der Waals surface area contributed by atoms with Gasteiger partial charge in [0.2, 0.25) is 5.91 Å². The lowest BCUT2D eigenvalue weighted by atomic mass is 10.1. The highest BCUT2D eigenvalue weighted by atomic mass is 16.3. The lowest BCUT2D eigenvalue weighted by molar-refractivity contribution is -0.131. The van der Waals surface area contributed by atoms with Crippen LogP contribution in [0.15, 0.2) is 0 Å². The minimum Gasteiger partial charge on any atom is -0.393 e. The Balaban J connectivity index is 2.18. The highest BCUT2D eigenvalue weighted by Gasteiger charge is 2.16. The van der Waals surface area contributed by atoms with Crippen molar-refractivity contribution in [3.63, 3.8) is 0 Å². The molecule has 0 saturated carbocycles. The van der Waals surface area contributed by atoms with E-state index >= 15 is 0 Å². The fraction of sp³-hybridized carbons (Fsp3) is 0.917. The van der Waals surface area contributed by atoms with Crippen LogP contribution in [0, 0.1) is 0 Å². The Kier molecular flexibility index (Phi) is 5.77. The molecule has 0 aromatic rings. The van der Waals surface area contributed by atoms with Gasteiger partial charge in [0.15, 0.2) is 0 Å². The third-order valence-electron chi connectivity index (χ3n) is 3.01. The normalized spacial score (nSPS) is 20.6. The van der Waals surface area contributed by atoms with E-state index in [2.05, 4.69) is 5.32 Å². The van der Waals surface area contributed by atoms with Crippen molar-refractivity contribution in [2.75, 3.05) is 19.6 Å². The monoisotopic (exact) mass is 228 g/mol. The summed E-state index contributed by atoms with van der Waals surface area (Å²) in [4.78, 5) is 13.7. The molecule has 2 N–H and O–H groups in total. The third kappa shape index (κ3) is 4.94. The number of piperidine rings is 1. The van der Waals surface area contributed by atoms with Crippen molar-refractivity contribution in [1.29, 1.82) is 0 Å². The Morgan fingerprint density at radius 2 is 1.94 bits per heavy atom. The number of carbonyl (C=O) groups excluding carboxylic acids is 1. The molecule has 4 heteroatoms. The molecule has 4 nitrogen and oxygen atoms in total. The largest absolute Gasteiger partial charge is 0.393 e. The molecule has 1 rings (SSSR count). The molecular formula is C12H24N2O2. The highest BCUT2D eigenvalue weighted by molar-refractivity contribution is 5.78. The first-order valence-electron chi connectivity index (χ1n) is 6.29. The average Bonchev–Trinajstić information content (AvgIpc) is 2.26. The van der Waals surface area contributed by atoms with Crippen molar-refractivity contribution in [3.05, 3.63) is 0 Å². The number of amides is 1. The Bertz CT molecular complexity index is 213. The average molecular weight is 228 g/mol. The predicted octanol–water partition coefficient (Wildman–Crippen LogP) is 0.748. The number of nitrogens with zero attached hydrogens (tertiary/aromatic N) is 1. The maximum atomic E-state index is 11.8. The first-order chi connectivity index (χ1) is 7.59. The molecule has 0 spiro atoms. The minimum atomic E-state index is -0.312. The van der Waals surface area contributed by atoms with E-state index in [-0.39, 0.29) is 18.1 Å². The van der Waals surface area contributed by atoms with Gasteiger partial charge in [-0.25, -0.2) is 0 Å². The summed E-state index contributed by atoms with van der Waals surface area (Å²) in [5.41, 5.74) is 0. The summed E-state index contributed by atoms with van der Waals surface area (Å²) in [7, 11) is 0. The number of aliphatic hydroxyl groups excluding tert-OH is 1. The van der Waals surface area contributed by atoms with Crippen LogP contribution in [0.2, 0.25) is 0 Å². The molecule has 1 aliphatic rings. The molecule has 1 saturated heterocycles. The number of likely N-dealkylation sites (tertiary alicyclic amines) is 1. The Labute approximate surface area is 98.0 Å². The van der Waals surface area contributed by atoms with E-state index in [1.54, 1.807) is 6.92 Å². The third-order valence-corrected chi connectivity index (χ3v) is 3.01. The summed E-state index contributed by atoms with van der Waals surface area (Å²) in [6, 6.07) is 0.189. The molecule has 0 aromatic carbocycles. The summed E-state index contributed by atoms with van der Waals surface area (Å²) >= 11 is 0. The number of hydrogen-bond acceptors (Lipinski definition) is 3. The molecule has 1 heterocycles. The van der Waals surface area contributed by atoms with Crippen LogP contribution < -0.4 is 5.32 Å². The molecule has 0 bridgehead atoms. The van der Waals surface area contributed by atoms with Crippen molar-refractivity contribution in [3.8, 4) is 0 Å². The summed E-state index contributed by atoms with van der Waals surface area (Å²) in [5, 5.41) is 12.4. The predicted molar refractivity (Wildman–Crippen MR) is 64.2 cm³/mol. The molecule has 1 aliphatic heterocycles. The van der Waals surface area contributed by atoms with Crippen molar-refractivity contribution in [2.24, 2.45) is 0 Å². The summed E-state index contributed by atoms with van der Waals surface area (Å²) in [6.07, 6.45) is 3.89. The zero-order chi connectivity index (χ0) is 12.0. The molecule has 2 unspecified atom stereocenters. The quantitative estimate of drug-likeness (QED) is 0.730. The van der Waals surface area contributed by atoms with Crippen LogP contribution in [-0.2, 0) is 4.79 Å². The number of rotatable bonds is 5. The van der Waals surface area contributed by atoms with E-state index in [1.807, 2.05) is 11.8 Å². The van der Waals surface area contributed by atoms with Crippen molar-refractivity contribution >= 4 is 5.91 Å². The lowest BCUT2D eigenvalue weighted by Crippen LogP contribution is -2.43. The van der Waals surface area contributed by atoms with E-state index in [4.69, 9.17) is 0 Å². The van der Waals surface area contributed by atoms with Gasteiger partial charge in [-0.1, -0.05) is 0 Å². The second kappa shape index (κ2) is 6.86. The number of carbonyl (C=O) groups is 1. The van der Waals surface area contributed by atoms with Gasteiger partial charge in [-0.3, -0.25) is 4.79 Å². The van der Waals surface area contributed by atoms with Crippen LogP contribution in [0.1, 0.15) is 39.5 Å². The molecule has 0 aliphatic carbocycles. The van der Waals surface area contributed by atoms with Crippen LogP contribution in [0.5, 0.6) is 0 Å². The molecule has 1 fully saturated rings. The van der Waals surface area contributed by atoms with E-state index in [0.29, 0.717) is 13.0 Å². The highest BCUT2D eigenvalue weighted by Crippen LogP contribution is 2.08. The van der Waals surface area contributed by atoms with Gasteiger partial charge in [0, 0.05) is 19.1 Å². The van der Waals surface area contributed by atoms with Crippen LogP contribution in [0.25, 0.3) is 0 Å². The maximum Gasteiger partial charge on any atom is 0.236 e. The molecule has 16 heavy (non-hydrogen) atoms. The minimum absolute atomic E-state index is 0.189. The number of hydrogen-bond donors (Lipinski definition) is 2. The second-order valence-corrected chi connectivity index (χ2v) is 4.81. The first-order valence-corrected chi connectivity index (χ1v) is 6.29. The molecule has 0 aromatic heterocycles. The summed E-state index contributed by atoms with van der Waals surface area (Å²) in [5.74, 6) is 0.192. The van der Waals surface area contributed by atoms with Crippen molar-refractivity contribution in [2.45, 2.75) is 51.7 Å². The summed E-state index contributed by atoms with van der Waals surface area (Å²) < 4.78 is 0. The fourth-order valence-corrected chi connectivity index (χ4v) is 2.11. The fourth-order valence-electron chi connectivity index (χ4n) is 2.11. The topological polar surface area (TPSA) is 52.6 Å². The van der Waals surface area contributed by atoms with Gasteiger partial charge >= 0.3 is 0 Å². The SMILES string of the molecule is CC(O)CC(C)NCC(=O)N1CCCCC1. The Morgan fingerprint density at radius 3 is 2.50 bits per heavy atom. The number of nitrogens with one attached hydrogen (secondary N) is 1. The van der Waals surface area contributed by atoms with E-state index in [0.717, 1.165) is 25.9 Å². The van der Waals surface area contributed by atoms with Gasteiger partial charge in [-0.15, -0.1) is 0 Å². The van der Waals surface area contributed by atoms with Crippen molar-refractivity contribution < 1.29 is 9.90 Å². The van der Waals surface area contributed by atoms with Crippen molar-refractivity contribution in [1.82, 2.24) is 10.2 Å². The van der Waals surface area contributed by atoms with Crippen LogP contribution in [0.4, 0.5) is 0 Å². The molecule has 2 atom stereocenters. The molecule has 0 radical (unpaired) electrons. The van der Waals surface area contributed by atoms with Crippen LogP contribution in [0.3, 0.4) is 0 Å². The van der Waals surface area contributed by atoms with Crippen LogP contribution in [-0.4, -0.2) is 47.7 Å². The van der Waals surface area contributed by atoms with Gasteiger partial charge in [-0.2, -0.15) is 0 Å². The Hall–Kier alpha value is -0.610. The van der Waals surface area contributed by atoms with E-state index in [1.165, 1.54) is 6.42 Å². The molecule has 94 valence electrons. The van der Waals surface area contributed by atoms with E-state index in [9.17, 15) is 9.90 Å². The van der Waals surface area contributed by atoms with Gasteiger partial charge in [0.05, 0.1) is 12.6 Å². The lowest BCUT2D eigenvalue weighted by Gasteiger charge is -2.27. The standard InChI is InChI=1S/C12H24N2O2/c1-10(8-11(2)15)13-9-12(16)14-6-4-3-5-7-14/h10-11,13,15H,3-9H2,1-2H3. The van der Waals surface area contributed by atoms with E-state index < -0.39 is 0 Å². The van der Waals surface area contributed by atoms with Crippen LogP contribution >= 0.6 is 0 Å². The van der Waals surface area contributed by atoms with Gasteiger partial charge < -0.3 is 15.3 Å². The first kappa shape index (κ1) is 13.5.